The monoisotopic (exact) mass is 333 g/mol. The maximum Gasteiger partial charge on any atom is 0.119 e. The van der Waals surface area contributed by atoms with E-state index in [4.69, 9.17) is 9.47 Å². The number of thiophene rings is 1. The van der Waals surface area contributed by atoms with Gasteiger partial charge in [-0.3, -0.25) is 4.90 Å². The lowest BCUT2D eigenvalue weighted by Crippen LogP contribution is -2.38. The molecule has 2 heterocycles. The number of methoxy groups -OCH3 is 1. The van der Waals surface area contributed by atoms with Gasteiger partial charge in [0.05, 0.1) is 26.4 Å². The summed E-state index contributed by atoms with van der Waals surface area (Å²) in [6, 6.07) is 10.3. The fourth-order valence-electron chi connectivity index (χ4n) is 2.92. The maximum atomic E-state index is 10.2. The molecule has 1 aliphatic rings. The van der Waals surface area contributed by atoms with Gasteiger partial charge in [0.1, 0.15) is 5.75 Å². The van der Waals surface area contributed by atoms with E-state index in [1.807, 2.05) is 23.6 Å². The lowest BCUT2D eigenvalue weighted by Gasteiger charge is -2.30. The SMILES string of the molecule is COc1ccc2c(c1)CN(CC(O)COCc1cccs1)CC2. The summed E-state index contributed by atoms with van der Waals surface area (Å²) in [7, 11) is 1.69. The zero-order chi connectivity index (χ0) is 16.1. The molecule has 1 N–H and O–H groups in total. The Bertz CT molecular complexity index is 615. The third-order valence-corrected chi connectivity index (χ3v) is 4.96. The van der Waals surface area contributed by atoms with Crippen LogP contribution in [-0.2, 0) is 24.3 Å². The molecule has 0 spiro atoms. The highest BCUT2D eigenvalue weighted by molar-refractivity contribution is 7.09. The van der Waals surface area contributed by atoms with E-state index in [9.17, 15) is 5.11 Å². The van der Waals surface area contributed by atoms with Crippen LogP contribution in [0.3, 0.4) is 0 Å². The molecule has 23 heavy (non-hydrogen) atoms. The quantitative estimate of drug-likeness (QED) is 0.846. The Morgan fingerprint density at radius 1 is 1.30 bits per heavy atom. The van der Waals surface area contributed by atoms with Crippen LogP contribution >= 0.6 is 11.3 Å². The van der Waals surface area contributed by atoms with Gasteiger partial charge in [0.2, 0.25) is 0 Å². The highest BCUT2D eigenvalue weighted by Gasteiger charge is 2.19. The minimum atomic E-state index is -0.456. The van der Waals surface area contributed by atoms with E-state index in [-0.39, 0.29) is 0 Å². The number of rotatable bonds is 7. The number of benzene rings is 1. The molecule has 5 heteroatoms. The zero-order valence-corrected chi connectivity index (χ0v) is 14.2. The summed E-state index contributed by atoms with van der Waals surface area (Å²) in [5.74, 6) is 0.894. The van der Waals surface area contributed by atoms with Crippen LogP contribution in [0.5, 0.6) is 5.75 Å². The molecule has 2 aromatic rings. The Balaban J connectivity index is 1.46. The first-order valence-electron chi connectivity index (χ1n) is 7.91. The predicted octanol–water partition coefficient (Wildman–Crippen LogP) is 2.69. The molecular formula is C18H23NO3S. The first-order chi connectivity index (χ1) is 11.2. The van der Waals surface area contributed by atoms with E-state index in [1.165, 1.54) is 16.0 Å². The normalized spacial score (nSPS) is 16.1. The number of nitrogens with zero attached hydrogens (tertiary/aromatic N) is 1. The van der Waals surface area contributed by atoms with Gasteiger partial charge < -0.3 is 14.6 Å². The molecule has 0 saturated heterocycles. The highest BCUT2D eigenvalue weighted by Crippen LogP contribution is 2.23. The molecule has 0 fully saturated rings. The van der Waals surface area contributed by atoms with Crippen LogP contribution in [0.2, 0.25) is 0 Å². The van der Waals surface area contributed by atoms with Gasteiger partial charge in [-0.15, -0.1) is 11.3 Å². The number of ether oxygens (including phenoxy) is 2. The standard InChI is InChI=1S/C18H23NO3S/c1-21-17-5-4-14-6-7-19(10-15(14)9-17)11-16(20)12-22-13-18-3-2-8-23-18/h2-5,8-9,16,20H,6-7,10-13H2,1H3. The molecule has 1 aromatic heterocycles. The number of hydrogen-bond donors (Lipinski definition) is 1. The summed E-state index contributed by atoms with van der Waals surface area (Å²) in [6.45, 7) is 3.42. The average Bonchev–Trinajstić information content (AvgIpc) is 3.07. The molecule has 0 radical (unpaired) electrons. The smallest absolute Gasteiger partial charge is 0.119 e. The molecule has 0 aliphatic carbocycles. The molecule has 1 aromatic carbocycles. The summed E-state index contributed by atoms with van der Waals surface area (Å²) >= 11 is 1.68. The number of aliphatic hydroxyl groups excluding tert-OH is 1. The Morgan fingerprint density at radius 2 is 2.22 bits per heavy atom. The van der Waals surface area contributed by atoms with E-state index in [0.29, 0.717) is 19.8 Å². The lowest BCUT2D eigenvalue weighted by molar-refractivity contribution is 0.00849. The largest absolute Gasteiger partial charge is 0.497 e. The van der Waals surface area contributed by atoms with Gasteiger partial charge in [-0.25, -0.2) is 0 Å². The maximum absolute atomic E-state index is 10.2. The zero-order valence-electron chi connectivity index (χ0n) is 13.4. The number of hydrogen-bond acceptors (Lipinski definition) is 5. The van der Waals surface area contributed by atoms with Gasteiger partial charge in [0.25, 0.3) is 0 Å². The third kappa shape index (κ3) is 4.54. The van der Waals surface area contributed by atoms with Crippen LogP contribution in [0.25, 0.3) is 0 Å². The Labute approximate surface area is 141 Å². The van der Waals surface area contributed by atoms with Crippen molar-refractivity contribution in [2.45, 2.75) is 25.7 Å². The topological polar surface area (TPSA) is 41.9 Å². The Kier molecular flexibility index (Phi) is 5.67. The van der Waals surface area contributed by atoms with E-state index in [1.54, 1.807) is 18.4 Å². The van der Waals surface area contributed by atoms with Crippen LogP contribution in [0.4, 0.5) is 0 Å². The van der Waals surface area contributed by atoms with Crippen molar-refractivity contribution >= 4 is 11.3 Å². The van der Waals surface area contributed by atoms with Gasteiger partial charge in [-0.2, -0.15) is 0 Å². The van der Waals surface area contributed by atoms with Crippen LogP contribution in [0.15, 0.2) is 35.7 Å². The molecular weight excluding hydrogens is 310 g/mol. The summed E-state index contributed by atoms with van der Waals surface area (Å²) in [4.78, 5) is 3.47. The second-order valence-corrected chi connectivity index (χ2v) is 6.90. The lowest BCUT2D eigenvalue weighted by atomic mass is 9.99. The molecule has 1 atom stereocenters. The Morgan fingerprint density at radius 3 is 3.00 bits per heavy atom. The van der Waals surface area contributed by atoms with E-state index >= 15 is 0 Å². The molecule has 0 bridgehead atoms. The summed E-state index contributed by atoms with van der Waals surface area (Å²) in [5.41, 5.74) is 2.67. The second-order valence-electron chi connectivity index (χ2n) is 5.87. The fraction of sp³-hybridized carbons (Fsp3) is 0.444. The van der Waals surface area contributed by atoms with Crippen molar-refractivity contribution in [3.63, 3.8) is 0 Å². The minimum Gasteiger partial charge on any atom is -0.497 e. The number of aliphatic hydroxyl groups is 1. The molecule has 1 unspecified atom stereocenters. The fourth-order valence-corrected chi connectivity index (χ4v) is 3.56. The first-order valence-corrected chi connectivity index (χ1v) is 8.79. The van der Waals surface area contributed by atoms with Gasteiger partial charge in [0.15, 0.2) is 0 Å². The van der Waals surface area contributed by atoms with Gasteiger partial charge in [-0.1, -0.05) is 12.1 Å². The van der Waals surface area contributed by atoms with Crippen molar-refractivity contribution in [3.05, 3.63) is 51.7 Å². The summed E-state index contributed by atoms with van der Waals surface area (Å²) in [5, 5.41) is 12.2. The van der Waals surface area contributed by atoms with Crippen molar-refractivity contribution in [2.24, 2.45) is 0 Å². The minimum absolute atomic E-state index is 0.374. The van der Waals surface area contributed by atoms with Crippen LogP contribution < -0.4 is 4.74 Å². The van der Waals surface area contributed by atoms with Gasteiger partial charge in [0, 0.05) is 24.5 Å². The first kappa shape index (κ1) is 16.5. The van der Waals surface area contributed by atoms with E-state index in [0.717, 1.165) is 25.3 Å². The van der Waals surface area contributed by atoms with Crippen molar-refractivity contribution in [3.8, 4) is 5.75 Å². The molecule has 4 nitrogen and oxygen atoms in total. The molecule has 0 amide bonds. The van der Waals surface area contributed by atoms with E-state index < -0.39 is 6.10 Å². The predicted molar refractivity (Wildman–Crippen MR) is 92.0 cm³/mol. The van der Waals surface area contributed by atoms with E-state index in [2.05, 4.69) is 17.0 Å². The van der Waals surface area contributed by atoms with Crippen LogP contribution in [0, 0.1) is 0 Å². The van der Waals surface area contributed by atoms with Crippen LogP contribution in [0.1, 0.15) is 16.0 Å². The number of β-amino-alcohol motifs (C(OH)–C–C–N with tert-alkyl or cyclic N) is 1. The number of fused-ring (bicyclic) bond motifs is 1. The van der Waals surface area contributed by atoms with Gasteiger partial charge >= 0.3 is 0 Å². The van der Waals surface area contributed by atoms with Crippen molar-refractivity contribution in [1.29, 1.82) is 0 Å². The molecule has 3 rings (SSSR count). The third-order valence-electron chi connectivity index (χ3n) is 4.11. The van der Waals surface area contributed by atoms with Crippen molar-refractivity contribution < 1.29 is 14.6 Å². The van der Waals surface area contributed by atoms with Gasteiger partial charge in [-0.05, 0) is 41.1 Å². The van der Waals surface area contributed by atoms with Crippen LogP contribution in [-0.4, -0.2) is 42.9 Å². The molecule has 1 aliphatic heterocycles. The Hall–Kier alpha value is -1.40. The second kappa shape index (κ2) is 7.93. The summed E-state index contributed by atoms with van der Waals surface area (Å²) in [6.07, 6.45) is 0.560. The molecule has 124 valence electrons. The van der Waals surface area contributed by atoms with Crippen molar-refractivity contribution in [1.82, 2.24) is 4.90 Å². The molecule has 0 saturated carbocycles. The summed E-state index contributed by atoms with van der Waals surface area (Å²) < 4.78 is 10.9. The van der Waals surface area contributed by atoms with Crippen molar-refractivity contribution in [2.75, 3.05) is 26.8 Å². The average molecular weight is 333 g/mol. The highest BCUT2D eigenvalue weighted by atomic mass is 32.1.